The molecule has 24 heavy (non-hydrogen) atoms. The van der Waals surface area contributed by atoms with Gasteiger partial charge in [0.05, 0.1) is 11.6 Å². The maximum Gasteiger partial charge on any atom is 0.240 e. The minimum Gasteiger partial charge on any atom is -0.369 e. The molecule has 1 aromatic carbocycles. The van der Waals surface area contributed by atoms with Crippen LogP contribution in [0.3, 0.4) is 0 Å². The summed E-state index contributed by atoms with van der Waals surface area (Å²) in [6.07, 6.45) is 1.45. The molecule has 0 spiro atoms. The highest BCUT2D eigenvalue weighted by Gasteiger charge is 2.46. The summed E-state index contributed by atoms with van der Waals surface area (Å²) in [5.74, 6) is -0.419. The molecule has 1 aromatic rings. The van der Waals surface area contributed by atoms with Gasteiger partial charge in [0, 0.05) is 37.4 Å². The van der Waals surface area contributed by atoms with Crippen LogP contribution in [-0.2, 0) is 4.79 Å². The van der Waals surface area contributed by atoms with E-state index in [9.17, 15) is 9.18 Å². The van der Waals surface area contributed by atoms with E-state index < -0.39 is 5.54 Å². The van der Waals surface area contributed by atoms with Gasteiger partial charge in [0.15, 0.2) is 0 Å². The molecule has 0 aromatic heterocycles. The Kier molecular flexibility index (Phi) is 4.78. The third kappa shape index (κ3) is 3.54. The molecule has 1 saturated carbocycles. The van der Waals surface area contributed by atoms with Gasteiger partial charge in [-0.2, -0.15) is 0 Å². The quantitative estimate of drug-likeness (QED) is 0.859. The largest absolute Gasteiger partial charge is 0.369 e. The zero-order valence-electron chi connectivity index (χ0n) is 14.5. The number of nitrogens with one attached hydrogen (secondary N) is 1. The lowest BCUT2D eigenvalue weighted by atomic mass is 10.0. The summed E-state index contributed by atoms with van der Waals surface area (Å²) in [4.78, 5) is 16.9. The van der Waals surface area contributed by atoms with Crippen molar-refractivity contribution in [2.75, 3.05) is 37.6 Å². The van der Waals surface area contributed by atoms with Crippen molar-refractivity contribution in [1.82, 2.24) is 10.2 Å². The normalized spacial score (nSPS) is 21.4. The predicted octanol–water partition coefficient (Wildman–Crippen LogP) is 1.64. The van der Waals surface area contributed by atoms with Gasteiger partial charge in [0.25, 0.3) is 0 Å². The molecule has 5 nitrogen and oxygen atoms in total. The Morgan fingerprint density at radius 2 is 2.00 bits per heavy atom. The Morgan fingerprint density at radius 3 is 2.58 bits per heavy atom. The fraction of sp³-hybridized carbons (Fsp3) is 0.611. The van der Waals surface area contributed by atoms with Crippen molar-refractivity contribution in [3.63, 3.8) is 0 Å². The SMILES string of the molecule is CCN1CCN(c2ccc(F)cc2C(C)NC(=O)C2(N)CC2)CC1. The summed E-state index contributed by atoms with van der Waals surface area (Å²) in [5, 5.41) is 2.96. The number of nitrogens with zero attached hydrogens (tertiary/aromatic N) is 2. The molecule has 1 atom stereocenters. The lowest BCUT2D eigenvalue weighted by Crippen LogP contribution is -2.47. The number of likely N-dealkylation sites (N-methyl/N-ethyl adjacent to an activating group) is 1. The number of halogens is 1. The average Bonchev–Trinajstić information content (AvgIpc) is 3.34. The number of anilines is 1. The molecule has 6 heteroatoms. The number of carbonyl (C=O) groups is 1. The summed E-state index contributed by atoms with van der Waals surface area (Å²) in [6.45, 7) is 8.93. The number of rotatable bonds is 5. The molecule has 0 bridgehead atoms. The highest BCUT2D eigenvalue weighted by Crippen LogP contribution is 2.34. The van der Waals surface area contributed by atoms with Gasteiger partial charge in [-0.05, 0) is 44.5 Å². The molecule has 1 saturated heterocycles. The van der Waals surface area contributed by atoms with Gasteiger partial charge in [0.1, 0.15) is 5.82 Å². The van der Waals surface area contributed by atoms with Crippen molar-refractivity contribution in [3.8, 4) is 0 Å². The highest BCUT2D eigenvalue weighted by molar-refractivity contribution is 5.89. The molecule has 3 rings (SSSR count). The van der Waals surface area contributed by atoms with E-state index in [1.807, 2.05) is 13.0 Å². The van der Waals surface area contributed by atoms with Crippen LogP contribution in [0, 0.1) is 5.82 Å². The first-order chi connectivity index (χ1) is 11.4. The van der Waals surface area contributed by atoms with Crippen LogP contribution < -0.4 is 16.0 Å². The van der Waals surface area contributed by atoms with E-state index in [2.05, 4.69) is 22.0 Å². The van der Waals surface area contributed by atoms with Crippen LogP contribution in [0.15, 0.2) is 18.2 Å². The number of hydrogen-bond acceptors (Lipinski definition) is 4. The van der Waals surface area contributed by atoms with Crippen molar-refractivity contribution in [2.24, 2.45) is 5.73 Å². The zero-order valence-corrected chi connectivity index (χ0v) is 14.5. The number of nitrogens with two attached hydrogens (primary N) is 1. The number of benzene rings is 1. The van der Waals surface area contributed by atoms with Crippen molar-refractivity contribution in [1.29, 1.82) is 0 Å². The van der Waals surface area contributed by atoms with Crippen molar-refractivity contribution < 1.29 is 9.18 Å². The first-order valence-electron chi connectivity index (χ1n) is 8.79. The summed E-state index contributed by atoms with van der Waals surface area (Å²) in [6, 6.07) is 4.57. The van der Waals surface area contributed by atoms with Crippen molar-refractivity contribution >= 4 is 11.6 Å². The number of piperazine rings is 1. The van der Waals surface area contributed by atoms with E-state index in [0.717, 1.165) is 56.8 Å². The summed E-state index contributed by atoms with van der Waals surface area (Å²) in [7, 11) is 0. The Balaban J connectivity index is 1.76. The summed E-state index contributed by atoms with van der Waals surface area (Å²) >= 11 is 0. The predicted molar refractivity (Wildman–Crippen MR) is 93.4 cm³/mol. The van der Waals surface area contributed by atoms with Gasteiger partial charge < -0.3 is 20.9 Å². The fourth-order valence-electron chi connectivity index (χ4n) is 3.25. The van der Waals surface area contributed by atoms with E-state index in [4.69, 9.17) is 5.73 Å². The van der Waals surface area contributed by atoms with Gasteiger partial charge in [-0.3, -0.25) is 4.79 Å². The van der Waals surface area contributed by atoms with Crippen LogP contribution >= 0.6 is 0 Å². The van der Waals surface area contributed by atoms with E-state index in [0.29, 0.717) is 0 Å². The fourth-order valence-corrected chi connectivity index (χ4v) is 3.25. The molecule has 1 unspecified atom stereocenters. The van der Waals surface area contributed by atoms with Crippen LogP contribution in [0.4, 0.5) is 10.1 Å². The molecule has 2 aliphatic rings. The molecular formula is C18H27FN4O. The minimum atomic E-state index is -0.714. The van der Waals surface area contributed by atoms with Crippen molar-refractivity contribution in [3.05, 3.63) is 29.6 Å². The number of amides is 1. The third-order valence-electron chi connectivity index (χ3n) is 5.20. The molecule has 3 N–H and O–H groups in total. The third-order valence-corrected chi connectivity index (χ3v) is 5.20. The Morgan fingerprint density at radius 1 is 1.33 bits per heavy atom. The maximum absolute atomic E-state index is 13.8. The lowest BCUT2D eigenvalue weighted by molar-refractivity contribution is -0.123. The second kappa shape index (κ2) is 6.69. The summed E-state index contributed by atoms with van der Waals surface area (Å²) < 4.78 is 13.8. The monoisotopic (exact) mass is 334 g/mol. The molecule has 132 valence electrons. The smallest absolute Gasteiger partial charge is 0.240 e. The van der Waals surface area contributed by atoms with Crippen LogP contribution in [-0.4, -0.2) is 49.1 Å². The molecule has 1 heterocycles. The molecule has 1 aliphatic carbocycles. The van der Waals surface area contributed by atoms with Crippen LogP contribution in [0.25, 0.3) is 0 Å². The second-order valence-corrected chi connectivity index (χ2v) is 6.98. The standard InChI is InChI=1S/C18H27FN4O/c1-3-22-8-10-23(11-9-22)16-5-4-14(19)12-15(16)13(2)21-17(24)18(20)6-7-18/h4-5,12-13H,3,6-11,20H2,1-2H3,(H,21,24). The molecule has 2 fully saturated rings. The van der Waals surface area contributed by atoms with E-state index in [1.54, 1.807) is 0 Å². The van der Waals surface area contributed by atoms with Gasteiger partial charge in [0.2, 0.25) is 5.91 Å². The minimum absolute atomic E-state index is 0.138. The van der Waals surface area contributed by atoms with Crippen molar-refractivity contribution in [2.45, 2.75) is 38.3 Å². The molecule has 0 radical (unpaired) electrons. The van der Waals surface area contributed by atoms with Crippen LogP contribution in [0.2, 0.25) is 0 Å². The zero-order chi connectivity index (χ0) is 17.3. The highest BCUT2D eigenvalue weighted by atomic mass is 19.1. The Labute approximate surface area is 143 Å². The first-order valence-corrected chi connectivity index (χ1v) is 8.79. The number of carbonyl (C=O) groups excluding carboxylic acids is 1. The van der Waals surface area contributed by atoms with Crippen LogP contribution in [0.5, 0.6) is 0 Å². The second-order valence-electron chi connectivity index (χ2n) is 6.98. The Hall–Kier alpha value is -1.66. The van der Waals surface area contributed by atoms with Crippen LogP contribution in [0.1, 0.15) is 38.3 Å². The topological polar surface area (TPSA) is 61.6 Å². The van der Waals surface area contributed by atoms with E-state index in [1.165, 1.54) is 12.1 Å². The lowest BCUT2D eigenvalue weighted by Gasteiger charge is -2.37. The van der Waals surface area contributed by atoms with E-state index >= 15 is 0 Å². The van der Waals surface area contributed by atoms with E-state index in [-0.39, 0.29) is 17.8 Å². The molecular weight excluding hydrogens is 307 g/mol. The molecule has 1 aliphatic heterocycles. The molecule has 1 amide bonds. The van der Waals surface area contributed by atoms with Gasteiger partial charge >= 0.3 is 0 Å². The maximum atomic E-state index is 13.8. The average molecular weight is 334 g/mol. The number of hydrogen-bond donors (Lipinski definition) is 2. The Bertz CT molecular complexity index is 609. The van der Waals surface area contributed by atoms with Gasteiger partial charge in [-0.1, -0.05) is 6.92 Å². The van der Waals surface area contributed by atoms with Gasteiger partial charge in [-0.15, -0.1) is 0 Å². The van der Waals surface area contributed by atoms with Gasteiger partial charge in [-0.25, -0.2) is 4.39 Å². The first kappa shape index (κ1) is 17.2. The summed E-state index contributed by atoms with van der Waals surface area (Å²) in [5.41, 5.74) is 7.06.